The highest BCUT2D eigenvalue weighted by molar-refractivity contribution is 6.09. The lowest BCUT2D eigenvalue weighted by Crippen LogP contribution is -2.01. The Bertz CT molecular complexity index is 2050. The number of carbonyl (C=O) groups is 1. The first-order valence-corrected chi connectivity index (χ1v) is 15.9. The molecule has 0 spiro atoms. The van der Waals surface area contributed by atoms with Gasteiger partial charge in [0.25, 0.3) is 0 Å². The van der Waals surface area contributed by atoms with Gasteiger partial charge in [0.2, 0.25) is 0 Å². The minimum absolute atomic E-state index is 0.101. The molecule has 0 fully saturated rings. The van der Waals surface area contributed by atoms with E-state index in [1.54, 1.807) is 48.5 Å². The van der Waals surface area contributed by atoms with E-state index in [1.807, 2.05) is 121 Å². The number of hydrogen-bond acceptors (Lipinski definition) is 7. The molecule has 8 aliphatic rings. The second-order valence-electron chi connectivity index (χ2n) is 11.3. The van der Waals surface area contributed by atoms with Crippen molar-refractivity contribution in [2.45, 2.75) is 0 Å². The summed E-state index contributed by atoms with van der Waals surface area (Å²) in [5, 5.41) is 0. The van der Waals surface area contributed by atoms with E-state index in [0.29, 0.717) is 80.1 Å². The third-order valence-electron chi connectivity index (χ3n) is 7.77. The number of hydrogen-bond donors (Lipinski definition) is 0. The highest BCUT2D eigenvalue weighted by Crippen LogP contribution is 2.33. The Labute approximate surface area is 288 Å². The molecule has 7 nitrogen and oxygen atoms in total. The highest BCUT2D eigenvalue weighted by Gasteiger charge is 2.11. The molecule has 0 aromatic heterocycles. The minimum Gasteiger partial charge on any atom is -0.457 e. The first-order chi connectivity index (χ1) is 24.6. The lowest BCUT2D eigenvalue weighted by Gasteiger charge is -2.11. The molecule has 242 valence electrons. The number of ketones is 1. The Balaban J connectivity index is 1.03. The van der Waals surface area contributed by atoms with E-state index in [1.165, 1.54) is 0 Å². The molecule has 0 saturated heterocycles. The average molecular weight is 657 g/mol. The van der Waals surface area contributed by atoms with Crippen LogP contribution >= 0.6 is 0 Å². The maximum absolute atomic E-state index is 13.2. The summed E-state index contributed by atoms with van der Waals surface area (Å²) in [5.41, 5.74) is 1.10. The summed E-state index contributed by atoms with van der Waals surface area (Å²) in [7, 11) is 0. The lowest BCUT2D eigenvalue weighted by atomic mass is 10.0. The van der Waals surface area contributed by atoms with Crippen molar-refractivity contribution in [3.05, 3.63) is 181 Å². The SMILES string of the molecule is O=C1c2ccc(cc2)Oc2ccc(cc2)Oc2ccc(cc2)Oc2ccc(cc2)Oc2ccc(cc2)Oc2ccc(cc2)Oc2ccc1cc2. The van der Waals surface area contributed by atoms with Crippen molar-refractivity contribution >= 4 is 5.78 Å². The minimum atomic E-state index is -0.101. The average Bonchev–Trinajstić information content (AvgIpc) is 3.16. The number of fused-ring (bicyclic) bond motifs is 7. The summed E-state index contributed by atoms with van der Waals surface area (Å²) < 4.78 is 36.1. The molecule has 8 heterocycles. The van der Waals surface area contributed by atoms with Gasteiger partial charge in [0.05, 0.1) is 0 Å². The van der Waals surface area contributed by atoms with Crippen molar-refractivity contribution < 1.29 is 33.2 Å². The normalized spacial score (nSPS) is 12.2. The molecule has 8 aliphatic heterocycles. The molecule has 0 radical (unpaired) electrons. The summed E-state index contributed by atoms with van der Waals surface area (Å²) in [6, 6.07) is 50.9. The van der Waals surface area contributed by atoms with Crippen LogP contribution in [0.25, 0.3) is 0 Å². The topological polar surface area (TPSA) is 72.5 Å². The van der Waals surface area contributed by atoms with Gasteiger partial charge in [-0.1, -0.05) is 0 Å². The fourth-order valence-corrected chi connectivity index (χ4v) is 5.21. The largest absolute Gasteiger partial charge is 0.457 e. The van der Waals surface area contributed by atoms with Crippen molar-refractivity contribution in [1.82, 2.24) is 0 Å². The quantitative estimate of drug-likeness (QED) is 0.161. The zero-order valence-electron chi connectivity index (χ0n) is 26.5. The predicted molar refractivity (Wildman–Crippen MR) is 189 cm³/mol. The van der Waals surface area contributed by atoms with E-state index < -0.39 is 0 Å². The Morgan fingerprint density at radius 1 is 0.200 bits per heavy atom. The fraction of sp³-hybridized carbons (Fsp3) is 0. The smallest absolute Gasteiger partial charge is 0.193 e. The third kappa shape index (κ3) is 7.27. The van der Waals surface area contributed by atoms with E-state index in [9.17, 15) is 4.79 Å². The van der Waals surface area contributed by atoms with Gasteiger partial charge < -0.3 is 28.4 Å². The van der Waals surface area contributed by atoms with E-state index in [0.717, 1.165) is 0 Å². The van der Waals surface area contributed by atoms with Crippen LogP contribution in [0.15, 0.2) is 170 Å². The van der Waals surface area contributed by atoms with Crippen molar-refractivity contribution in [2.24, 2.45) is 0 Å². The first kappa shape index (κ1) is 30.4. The van der Waals surface area contributed by atoms with Crippen molar-refractivity contribution in [1.29, 1.82) is 0 Å². The van der Waals surface area contributed by atoms with Gasteiger partial charge in [0, 0.05) is 11.1 Å². The zero-order valence-corrected chi connectivity index (χ0v) is 26.5. The third-order valence-corrected chi connectivity index (χ3v) is 7.77. The summed E-state index contributed by atoms with van der Waals surface area (Å²) in [6.45, 7) is 0. The molecule has 0 N–H and O–H groups in total. The van der Waals surface area contributed by atoms with Gasteiger partial charge in [0.1, 0.15) is 69.0 Å². The number of benzene rings is 7. The van der Waals surface area contributed by atoms with Gasteiger partial charge in [-0.15, -0.1) is 0 Å². The van der Waals surface area contributed by atoms with Crippen LogP contribution in [0.2, 0.25) is 0 Å². The molecule has 0 aliphatic carbocycles. The summed E-state index contributed by atoms with van der Waals surface area (Å²) in [5.74, 6) is 7.74. The van der Waals surface area contributed by atoms with Crippen LogP contribution in [-0.2, 0) is 0 Å². The molecule has 7 aromatic rings. The van der Waals surface area contributed by atoms with Gasteiger partial charge in [-0.05, 0) is 170 Å². The molecule has 0 amide bonds. The molecule has 0 saturated carbocycles. The molecule has 0 unspecified atom stereocenters. The maximum Gasteiger partial charge on any atom is 0.193 e. The Kier molecular flexibility index (Phi) is 8.27. The van der Waals surface area contributed by atoms with Gasteiger partial charge in [-0.25, -0.2) is 0 Å². The molecule has 15 rings (SSSR count). The molecule has 7 aromatic carbocycles. The zero-order chi connectivity index (χ0) is 33.7. The van der Waals surface area contributed by atoms with E-state index in [2.05, 4.69) is 0 Å². The molecule has 7 heteroatoms. The van der Waals surface area contributed by atoms with Crippen molar-refractivity contribution in [3.63, 3.8) is 0 Å². The Morgan fingerprint density at radius 2 is 0.320 bits per heavy atom. The van der Waals surface area contributed by atoms with Gasteiger partial charge in [-0.2, -0.15) is 0 Å². The van der Waals surface area contributed by atoms with Gasteiger partial charge >= 0.3 is 0 Å². The van der Waals surface area contributed by atoms with Crippen LogP contribution in [0.4, 0.5) is 0 Å². The van der Waals surface area contributed by atoms with Crippen molar-refractivity contribution in [3.8, 4) is 69.0 Å². The van der Waals surface area contributed by atoms with Crippen LogP contribution < -0.4 is 28.4 Å². The Morgan fingerprint density at radius 3 is 0.460 bits per heavy atom. The fourth-order valence-electron chi connectivity index (χ4n) is 5.21. The van der Waals surface area contributed by atoms with Crippen LogP contribution in [0.1, 0.15) is 15.9 Å². The van der Waals surface area contributed by atoms with Crippen LogP contribution in [0, 0.1) is 0 Å². The molecule has 0 atom stereocenters. The molecular weight excluding hydrogens is 628 g/mol. The maximum atomic E-state index is 13.2. The number of carbonyl (C=O) groups excluding carboxylic acids is 1. The van der Waals surface area contributed by atoms with Crippen molar-refractivity contribution in [2.75, 3.05) is 0 Å². The molecule has 50 heavy (non-hydrogen) atoms. The molecular formula is C43H28O7. The van der Waals surface area contributed by atoms with E-state index in [-0.39, 0.29) is 5.78 Å². The first-order valence-electron chi connectivity index (χ1n) is 15.9. The van der Waals surface area contributed by atoms with Crippen LogP contribution in [-0.4, -0.2) is 5.78 Å². The summed E-state index contributed by atoms with van der Waals surface area (Å²) in [6.07, 6.45) is 0. The summed E-state index contributed by atoms with van der Waals surface area (Å²) >= 11 is 0. The molecule has 14 bridgehead atoms. The number of ether oxygens (including phenoxy) is 6. The monoisotopic (exact) mass is 656 g/mol. The van der Waals surface area contributed by atoms with E-state index in [4.69, 9.17) is 28.4 Å². The van der Waals surface area contributed by atoms with E-state index >= 15 is 0 Å². The second kappa shape index (κ2) is 13.6. The number of rotatable bonds is 0. The highest BCUT2D eigenvalue weighted by atomic mass is 16.5. The standard InChI is InChI=1S/C43H28O7/c44-43-29-1-5-31(6-2-29)45-33-9-13-35(14-10-33)47-37-17-21-39(22-18-37)49-41-25-27-42(28-26-41)50-40-23-19-38(20-24-40)48-36-15-11-34(12-16-36)46-32-7-3-30(43)4-8-32/h1-28H. The van der Waals surface area contributed by atoms with Crippen LogP contribution in [0.3, 0.4) is 0 Å². The predicted octanol–water partition coefficient (Wildman–Crippen LogP) is 12.0. The second-order valence-corrected chi connectivity index (χ2v) is 11.3. The summed E-state index contributed by atoms with van der Waals surface area (Å²) in [4.78, 5) is 13.2. The Hall–Kier alpha value is -6.99. The lowest BCUT2D eigenvalue weighted by molar-refractivity contribution is 0.103. The van der Waals surface area contributed by atoms with Gasteiger partial charge in [0.15, 0.2) is 5.78 Å². The van der Waals surface area contributed by atoms with Gasteiger partial charge in [-0.3, -0.25) is 4.79 Å². The van der Waals surface area contributed by atoms with Crippen LogP contribution in [0.5, 0.6) is 69.0 Å².